The minimum atomic E-state index is -5.31. The van der Waals surface area contributed by atoms with E-state index in [9.17, 15) is 31.1 Å². The van der Waals surface area contributed by atoms with Gasteiger partial charge in [-0.05, 0) is 29.8 Å². The van der Waals surface area contributed by atoms with Crippen molar-refractivity contribution in [3.05, 3.63) is 29.3 Å². The fourth-order valence-corrected chi connectivity index (χ4v) is 1.21. The first kappa shape index (κ1) is 14.6. The Morgan fingerprint density at radius 3 is 2.06 bits per heavy atom. The van der Waals surface area contributed by atoms with Crippen LogP contribution in [0.5, 0.6) is 5.75 Å². The Balaban J connectivity index is 3.32. The molecule has 0 heterocycles. The summed E-state index contributed by atoms with van der Waals surface area (Å²) in [4.78, 5) is 10.7. The van der Waals surface area contributed by atoms with Gasteiger partial charge in [0.1, 0.15) is 5.75 Å². The Labute approximate surface area is 101 Å². The fraction of sp³-hybridized carbons (Fsp3) is 0.222. The third-order valence-electron chi connectivity index (χ3n) is 1.74. The number of ether oxygens (including phenoxy) is 1. The molecular formula is C9H3ClF6O2. The summed E-state index contributed by atoms with van der Waals surface area (Å²) in [6.45, 7) is 0. The number of halogens is 7. The van der Waals surface area contributed by atoms with Gasteiger partial charge in [0.25, 0.3) is 5.24 Å². The monoisotopic (exact) mass is 292 g/mol. The predicted octanol–water partition coefficient (Wildman–Crippen LogP) is 3.98. The number of rotatable bonds is 2. The molecule has 0 N–H and O–H groups in total. The molecule has 0 aliphatic rings. The molecule has 0 saturated carbocycles. The summed E-state index contributed by atoms with van der Waals surface area (Å²) in [6, 6.07) is 1.23. The van der Waals surface area contributed by atoms with Gasteiger partial charge in [0.15, 0.2) is 0 Å². The first-order chi connectivity index (χ1) is 8.00. The van der Waals surface area contributed by atoms with Crippen LogP contribution in [0, 0.1) is 0 Å². The van der Waals surface area contributed by atoms with Crippen LogP contribution in [0.2, 0.25) is 0 Å². The van der Waals surface area contributed by atoms with Crippen molar-refractivity contribution in [2.75, 3.05) is 0 Å². The third-order valence-corrected chi connectivity index (χ3v) is 1.96. The number of alkyl halides is 6. The van der Waals surface area contributed by atoms with Crippen molar-refractivity contribution in [3.63, 3.8) is 0 Å². The molecule has 0 aliphatic heterocycles. The highest BCUT2D eigenvalue weighted by atomic mass is 35.5. The molecule has 0 aromatic heterocycles. The lowest BCUT2D eigenvalue weighted by atomic mass is 10.1. The predicted molar refractivity (Wildman–Crippen MR) is 48.3 cm³/mol. The van der Waals surface area contributed by atoms with Crippen LogP contribution in [0.4, 0.5) is 26.3 Å². The zero-order chi connectivity index (χ0) is 14.1. The lowest BCUT2D eigenvalue weighted by Crippen LogP contribution is -2.20. The first-order valence-corrected chi connectivity index (χ1v) is 4.55. The molecule has 0 spiro atoms. The molecule has 0 saturated heterocycles. The summed E-state index contributed by atoms with van der Waals surface area (Å²) in [7, 11) is 0. The highest BCUT2D eigenvalue weighted by molar-refractivity contribution is 6.67. The van der Waals surface area contributed by atoms with Crippen LogP contribution in [0.25, 0.3) is 0 Å². The number of benzene rings is 1. The van der Waals surface area contributed by atoms with E-state index in [1.54, 1.807) is 0 Å². The molecule has 0 unspecified atom stereocenters. The van der Waals surface area contributed by atoms with Gasteiger partial charge in [0.2, 0.25) is 0 Å². The molecular weight excluding hydrogens is 290 g/mol. The van der Waals surface area contributed by atoms with Gasteiger partial charge in [0, 0.05) is 5.56 Å². The molecule has 9 heteroatoms. The molecule has 2 nitrogen and oxygen atoms in total. The average molecular weight is 293 g/mol. The molecule has 18 heavy (non-hydrogen) atoms. The maximum absolute atomic E-state index is 12.4. The second-order valence-electron chi connectivity index (χ2n) is 3.03. The molecule has 0 atom stereocenters. The van der Waals surface area contributed by atoms with Crippen molar-refractivity contribution in [1.82, 2.24) is 0 Å². The number of carbonyl (C=O) groups is 1. The van der Waals surface area contributed by atoms with E-state index in [4.69, 9.17) is 11.6 Å². The number of hydrogen-bond acceptors (Lipinski definition) is 2. The van der Waals surface area contributed by atoms with Crippen LogP contribution < -0.4 is 4.74 Å². The summed E-state index contributed by atoms with van der Waals surface area (Å²) in [6.07, 6.45) is -10.4. The summed E-state index contributed by atoms with van der Waals surface area (Å²) in [5.74, 6) is -1.53. The maximum atomic E-state index is 12.4. The first-order valence-electron chi connectivity index (χ1n) is 4.17. The van der Waals surface area contributed by atoms with Gasteiger partial charge >= 0.3 is 12.5 Å². The van der Waals surface area contributed by atoms with E-state index in [0.29, 0.717) is 6.07 Å². The van der Waals surface area contributed by atoms with E-state index in [0.717, 1.165) is 0 Å². The molecule has 1 aromatic carbocycles. The van der Waals surface area contributed by atoms with Gasteiger partial charge in [-0.15, -0.1) is 13.2 Å². The number of carbonyl (C=O) groups excluding carboxylic acids is 1. The SMILES string of the molecule is O=C(Cl)c1ccc(C(F)(F)F)c(OC(F)(F)F)c1. The largest absolute Gasteiger partial charge is 0.573 e. The summed E-state index contributed by atoms with van der Waals surface area (Å²) < 4.78 is 76.2. The Morgan fingerprint density at radius 1 is 1.11 bits per heavy atom. The molecule has 0 radical (unpaired) electrons. The third kappa shape index (κ3) is 3.80. The van der Waals surface area contributed by atoms with E-state index in [2.05, 4.69) is 4.74 Å². The minimum Gasteiger partial charge on any atom is -0.405 e. The van der Waals surface area contributed by atoms with Gasteiger partial charge in [-0.2, -0.15) is 13.2 Å². The van der Waals surface area contributed by atoms with E-state index in [-0.39, 0.29) is 12.1 Å². The maximum Gasteiger partial charge on any atom is 0.573 e. The highest BCUT2D eigenvalue weighted by Crippen LogP contribution is 2.39. The van der Waals surface area contributed by atoms with Gasteiger partial charge in [-0.3, -0.25) is 4.79 Å². The average Bonchev–Trinajstić information content (AvgIpc) is 2.12. The molecule has 1 aromatic rings. The van der Waals surface area contributed by atoms with E-state index in [1.807, 2.05) is 0 Å². The standard InChI is InChI=1S/C9H3ClF6O2/c10-7(17)4-1-2-5(8(11,12)13)6(3-4)18-9(14,15)16/h1-3H. The van der Waals surface area contributed by atoms with Crippen LogP contribution in [0.15, 0.2) is 18.2 Å². The van der Waals surface area contributed by atoms with Crippen LogP contribution in [-0.2, 0) is 6.18 Å². The Bertz CT molecular complexity index is 465. The minimum absolute atomic E-state index is 0.283. The smallest absolute Gasteiger partial charge is 0.405 e. The van der Waals surface area contributed by atoms with Crippen molar-refractivity contribution >= 4 is 16.8 Å². The molecule has 100 valence electrons. The van der Waals surface area contributed by atoms with Gasteiger partial charge in [-0.1, -0.05) is 0 Å². The van der Waals surface area contributed by atoms with Crippen LogP contribution in [-0.4, -0.2) is 11.6 Å². The summed E-state index contributed by atoms with van der Waals surface area (Å²) in [5, 5.41) is -1.20. The molecule has 0 bridgehead atoms. The Hall–Kier alpha value is -1.44. The van der Waals surface area contributed by atoms with Crippen molar-refractivity contribution < 1.29 is 35.9 Å². The molecule has 0 amide bonds. The van der Waals surface area contributed by atoms with Gasteiger partial charge in [-0.25, -0.2) is 0 Å². The van der Waals surface area contributed by atoms with E-state index in [1.165, 1.54) is 0 Å². The molecule has 1 rings (SSSR count). The quantitative estimate of drug-likeness (QED) is 0.609. The van der Waals surface area contributed by atoms with Gasteiger partial charge < -0.3 is 4.74 Å². The zero-order valence-electron chi connectivity index (χ0n) is 8.19. The zero-order valence-corrected chi connectivity index (χ0v) is 8.95. The second-order valence-corrected chi connectivity index (χ2v) is 3.37. The van der Waals surface area contributed by atoms with E-state index < -0.39 is 34.7 Å². The molecule has 0 aliphatic carbocycles. The molecule has 0 fully saturated rings. The fourth-order valence-electron chi connectivity index (χ4n) is 1.09. The second kappa shape index (κ2) is 4.68. The van der Waals surface area contributed by atoms with Gasteiger partial charge in [0.05, 0.1) is 5.56 Å². The lowest BCUT2D eigenvalue weighted by molar-refractivity contribution is -0.276. The summed E-state index contributed by atoms with van der Waals surface area (Å²) >= 11 is 4.96. The van der Waals surface area contributed by atoms with E-state index >= 15 is 0 Å². The Morgan fingerprint density at radius 2 is 1.67 bits per heavy atom. The lowest BCUT2D eigenvalue weighted by Gasteiger charge is -2.15. The van der Waals surface area contributed by atoms with Crippen molar-refractivity contribution in [2.45, 2.75) is 12.5 Å². The highest BCUT2D eigenvalue weighted by Gasteiger charge is 2.39. The van der Waals surface area contributed by atoms with Crippen LogP contribution in [0.3, 0.4) is 0 Å². The van der Waals surface area contributed by atoms with Crippen LogP contribution >= 0.6 is 11.6 Å². The number of hydrogen-bond donors (Lipinski definition) is 0. The van der Waals surface area contributed by atoms with Crippen molar-refractivity contribution in [2.24, 2.45) is 0 Å². The Kier molecular flexibility index (Phi) is 3.80. The van der Waals surface area contributed by atoms with Crippen molar-refractivity contribution in [3.8, 4) is 5.75 Å². The normalized spacial score (nSPS) is 12.4. The van der Waals surface area contributed by atoms with Crippen LogP contribution in [0.1, 0.15) is 15.9 Å². The summed E-state index contributed by atoms with van der Waals surface area (Å²) in [5.41, 5.74) is -2.19. The topological polar surface area (TPSA) is 26.3 Å². The van der Waals surface area contributed by atoms with Crippen molar-refractivity contribution in [1.29, 1.82) is 0 Å².